The number of carbonyl (C=O) groups is 1. The van der Waals surface area contributed by atoms with Crippen molar-refractivity contribution in [2.24, 2.45) is 0 Å². The first-order chi connectivity index (χ1) is 10.2. The number of halogens is 3. The first-order valence-corrected chi connectivity index (χ1v) is 6.40. The zero-order valence-corrected chi connectivity index (χ0v) is 12.7. The van der Waals surface area contributed by atoms with Crippen molar-refractivity contribution in [1.29, 1.82) is 0 Å². The molecule has 0 saturated heterocycles. The molecule has 5 nitrogen and oxygen atoms in total. The van der Waals surface area contributed by atoms with Gasteiger partial charge in [-0.15, -0.1) is 0 Å². The highest BCUT2D eigenvalue weighted by atomic mass is 19.4. The van der Waals surface area contributed by atoms with Gasteiger partial charge in [-0.05, 0) is 37.1 Å². The van der Waals surface area contributed by atoms with E-state index in [0.29, 0.717) is 17.1 Å². The Morgan fingerprint density at radius 2 is 1.77 bits per heavy atom. The molecule has 0 heterocycles. The van der Waals surface area contributed by atoms with E-state index in [1.165, 1.54) is 14.2 Å². The van der Waals surface area contributed by atoms with Crippen molar-refractivity contribution in [2.45, 2.75) is 26.1 Å². The molecule has 0 spiro atoms. The lowest BCUT2D eigenvalue weighted by atomic mass is 10.0. The van der Waals surface area contributed by atoms with E-state index < -0.39 is 24.9 Å². The van der Waals surface area contributed by atoms with Crippen molar-refractivity contribution in [1.82, 2.24) is 5.32 Å². The molecule has 0 radical (unpaired) electrons. The van der Waals surface area contributed by atoms with Gasteiger partial charge in [-0.2, -0.15) is 13.2 Å². The van der Waals surface area contributed by atoms with Crippen LogP contribution in [0.3, 0.4) is 0 Å². The highest BCUT2D eigenvalue weighted by Gasteiger charge is 2.30. The molecule has 1 aromatic rings. The number of benzene rings is 1. The zero-order valence-electron chi connectivity index (χ0n) is 12.7. The molecule has 1 rings (SSSR count). The Morgan fingerprint density at radius 3 is 2.27 bits per heavy atom. The highest BCUT2D eigenvalue weighted by molar-refractivity contribution is 5.68. The van der Waals surface area contributed by atoms with E-state index in [9.17, 15) is 18.0 Å². The molecule has 1 atom stereocenters. The van der Waals surface area contributed by atoms with E-state index in [1.54, 1.807) is 26.0 Å². The van der Waals surface area contributed by atoms with Crippen LogP contribution >= 0.6 is 0 Å². The second kappa shape index (κ2) is 7.24. The second-order valence-corrected chi connectivity index (χ2v) is 4.62. The minimum Gasteiger partial charge on any atom is -0.493 e. The maximum absolute atomic E-state index is 12.0. The van der Waals surface area contributed by atoms with Gasteiger partial charge in [0.1, 0.15) is 0 Å². The number of hydrogen-bond donors (Lipinski definition) is 1. The fourth-order valence-corrected chi connectivity index (χ4v) is 1.91. The third-order valence-electron chi connectivity index (χ3n) is 2.94. The lowest BCUT2D eigenvalue weighted by molar-refractivity contribution is -0.160. The maximum Gasteiger partial charge on any atom is 0.422 e. The van der Waals surface area contributed by atoms with E-state index in [2.05, 4.69) is 10.1 Å². The summed E-state index contributed by atoms with van der Waals surface area (Å²) >= 11 is 0. The predicted octanol–water partition coefficient (Wildman–Crippen LogP) is 3.36. The third-order valence-corrected chi connectivity index (χ3v) is 2.94. The Labute approximate surface area is 126 Å². The van der Waals surface area contributed by atoms with Crippen molar-refractivity contribution >= 4 is 6.09 Å². The highest BCUT2D eigenvalue weighted by Crippen LogP contribution is 2.32. The van der Waals surface area contributed by atoms with Gasteiger partial charge in [0, 0.05) is 0 Å². The molecule has 0 unspecified atom stereocenters. The van der Waals surface area contributed by atoms with Crippen molar-refractivity contribution in [3.63, 3.8) is 0 Å². The van der Waals surface area contributed by atoms with Crippen LogP contribution in [0.1, 0.15) is 24.1 Å². The summed E-state index contributed by atoms with van der Waals surface area (Å²) in [6, 6.07) is 2.82. The number of aryl methyl sites for hydroxylation is 1. The molecule has 0 aliphatic carbocycles. The van der Waals surface area contributed by atoms with E-state index in [-0.39, 0.29) is 0 Å². The quantitative estimate of drug-likeness (QED) is 0.903. The molecule has 124 valence electrons. The second-order valence-electron chi connectivity index (χ2n) is 4.62. The molecule has 0 fully saturated rings. The minimum absolute atomic E-state index is 0.459. The molecular formula is C14H18F3NO4. The van der Waals surface area contributed by atoms with Crippen LogP contribution in [0, 0.1) is 6.92 Å². The standard InChI is InChI=1S/C14H18F3NO4/c1-8-5-11(20-3)12(21-4)6-10(8)9(2)18-13(19)22-7-14(15,16)17/h5-6,9H,7H2,1-4H3,(H,18,19)/t9-/m1/s1. The Hall–Kier alpha value is -2.12. The van der Waals surface area contributed by atoms with Gasteiger partial charge < -0.3 is 19.5 Å². The van der Waals surface area contributed by atoms with Crippen LogP contribution in [0.2, 0.25) is 0 Å². The molecular weight excluding hydrogens is 303 g/mol. The Balaban J connectivity index is 2.81. The molecule has 8 heteroatoms. The average Bonchev–Trinajstić information content (AvgIpc) is 2.43. The lowest BCUT2D eigenvalue weighted by Crippen LogP contribution is -2.31. The molecule has 0 aliphatic rings. The number of methoxy groups -OCH3 is 2. The number of alkyl carbamates (subject to hydrolysis) is 1. The van der Waals surface area contributed by atoms with Crippen molar-refractivity contribution in [3.8, 4) is 11.5 Å². The van der Waals surface area contributed by atoms with Crippen molar-refractivity contribution in [2.75, 3.05) is 20.8 Å². The fraction of sp³-hybridized carbons (Fsp3) is 0.500. The summed E-state index contributed by atoms with van der Waals surface area (Å²) in [5.41, 5.74) is 1.47. The number of amides is 1. The lowest BCUT2D eigenvalue weighted by Gasteiger charge is -2.19. The van der Waals surface area contributed by atoms with Crippen LogP contribution in [0.4, 0.5) is 18.0 Å². The summed E-state index contributed by atoms with van der Waals surface area (Å²) in [6.07, 6.45) is -5.70. The Kier molecular flexibility index (Phi) is 5.90. The number of carbonyl (C=O) groups excluding carboxylic acids is 1. The number of rotatable bonds is 5. The number of hydrogen-bond acceptors (Lipinski definition) is 4. The van der Waals surface area contributed by atoms with Gasteiger partial charge in [-0.3, -0.25) is 0 Å². The monoisotopic (exact) mass is 321 g/mol. The molecule has 0 bridgehead atoms. The molecule has 22 heavy (non-hydrogen) atoms. The topological polar surface area (TPSA) is 56.8 Å². The maximum atomic E-state index is 12.0. The third kappa shape index (κ3) is 5.01. The number of nitrogens with one attached hydrogen (secondary N) is 1. The van der Waals surface area contributed by atoms with Crippen LogP contribution in [-0.4, -0.2) is 33.1 Å². The Bertz CT molecular complexity index is 532. The molecule has 1 amide bonds. The van der Waals surface area contributed by atoms with Crippen LogP contribution in [0.25, 0.3) is 0 Å². The first kappa shape index (κ1) is 17.9. The zero-order chi connectivity index (χ0) is 16.9. The number of alkyl halides is 3. The van der Waals surface area contributed by atoms with Gasteiger partial charge >= 0.3 is 12.3 Å². The fourth-order valence-electron chi connectivity index (χ4n) is 1.91. The largest absolute Gasteiger partial charge is 0.493 e. The summed E-state index contributed by atoms with van der Waals surface area (Å²) in [7, 11) is 2.96. The van der Waals surface area contributed by atoms with Gasteiger partial charge in [-0.25, -0.2) is 4.79 Å². The summed E-state index contributed by atoms with van der Waals surface area (Å²) < 4.78 is 50.4. The van der Waals surface area contributed by atoms with Gasteiger partial charge in [0.05, 0.1) is 20.3 Å². The SMILES string of the molecule is COc1cc(C)c([C@@H](C)NC(=O)OCC(F)(F)F)cc1OC. The van der Waals surface area contributed by atoms with Gasteiger partial charge in [0.2, 0.25) is 0 Å². The average molecular weight is 321 g/mol. The first-order valence-electron chi connectivity index (χ1n) is 6.40. The smallest absolute Gasteiger partial charge is 0.422 e. The molecule has 0 aliphatic heterocycles. The van der Waals surface area contributed by atoms with Crippen molar-refractivity contribution in [3.05, 3.63) is 23.3 Å². The Morgan fingerprint density at radius 1 is 1.23 bits per heavy atom. The van der Waals surface area contributed by atoms with Crippen LogP contribution < -0.4 is 14.8 Å². The van der Waals surface area contributed by atoms with Crippen molar-refractivity contribution < 1.29 is 32.2 Å². The molecule has 1 N–H and O–H groups in total. The molecule has 0 saturated carbocycles. The van der Waals surface area contributed by atoms with Gasteiger partial charge in [-0.1, -0.05) is 0 Å². The molecule has 0 aromatic heterocycles. The van der Waals surface area contributed by atoms with E-state index >= 15 is 0 Å². The van der Waals surface area contributed by atoms with Crippen LogP contribution in [0.5, 0.6) is 11.5 Å². The van der Waals surface area contributed by atoms with E-state index in [1.807, 2.05) is 0 Å². The van der Waals surface area contributed by atoms with Gasteiger partial charge in [0.15, 0.2) is 18.1 Å². The summed E-state index contributed by atoms with van der Waals surface area (Å²) in [4.78, 5) is 11.4. The summed E-state index contributed by atoms with van der Waals surface area (Å²) in [5, 5.41) is 2.34. The predicted molar refractivity (Wildman–Crippen MR) is 73.2 cm³/mol. The van der Waals surface area contributed by atoms with Gasteiger partial charge in [0.25, 0.3) is 0 Å². The minimum atomic E-state index is -4.56. The number of ether oxygens (including phenoxy) is 3. The van der Waals surface area contributed by atoms with E-state index in [4.69, 9.17) is 9.47 Å². The van der Waals surface area contributed by atoms with E-state index in [0.717, 1.165) is 5.56 Å². The van der Waals surface area contributed by atoms with Crippen LogP contribution in [0.15, 0.2) is 12.1 Å². The van der Waals surface area contributed by atoms with Crippen LogP contribution in [-0.2, 0) is 4.74 Å². The summed E-state index contributed by atoms with van der Waals surface area (Å²) in [6.45, 7) is 1.79. The summed E-state index contributed by atoms with van der Waals surface area (Å²) in [5.74, 6) is 0.982. The molecule has 1 aromatic carbocycles. The normalized spacial score (nSPS) is 12.5.